The van der Waals surface area contributed by atoms with Gasteiger partial charge in [-0.3, -0.25) is 14.4 Å². The van der Waals surface area contributed by atoms with Crippen LogP contribution in [0.2, 0.25) is 0 Å². The molecule has 0 atom stereocenters. The predicted molar refractivity (Wildman–Crippen MR) is 88.3 cm³/mol. The van der Waals surface area contributed by atoms with Gasteiger partial charge in [0, 0.05) is 28.9 Å². The van der Waals surface area contributed by atoms with Gasteiger partial charge in [0.05, 0.1) is 0 Å². The van der Waals surface area contributed by atoms with E-state index in [0.29, 0.717) is 28.9 Å². The molecule has 0 saturated heterocycles. The van der Waals surface area contributed by atoms with E-state index in [1.807, 2.05) is 0 Å². The molecule has 6 nitrogen and oxygen atoms in total. The standard InChI is InChI=1S/C17H17N3O3/c1-2-15(21)19-13-9-5-12(6-10-13)17(23)20-14-7-3-11(4-8-14)16(18)22/h3-10H,2H2,1H3,(H2,18,22)(H,19,21)(H,20,23). The molecule has 118 valence electrons. The number of hydrogen-bond acceptors (Lipinski definition) is 3. The van der Waals surface area contributed by atoms with Crippen molar-refractivity contribution in [2.45, 2.75) is 13.3 Å². The van der Waals surface area contributed by atoms with Crippen molar-refractivity contribution in [3.8, 4) is 0 Å². The van der Waals surface area contributed by atoms with Crippen LogP contribution in [0.3, 0.4) is 0 Å². The topological polar surface area (TPSA) is 101 Å². The summed E-state index contributed by atoms with van der Waals surface area (Å²) in [5.41, 5.74) is 7.19. The Morgan fingerprint density at radius 2 is 1.30 bits per heavy atom. The van der Waals surface area contributed by atoms with Crippen LogP contribution in [0, 0.1) is 0 Å². The average molecular weight is 311 g/mol. The highest BCUT2D eigenvalue weighted by molar-refractivity contribution is 6.05. The highest BCUT2D eigenvalue weighted by atomic mass is 16.2. The first kappa shape index (κ1) is 16.2. The van der Waals surface area contributed by atoms with Gasteiger partial charge in [0.15, 0.2) is 0 Å². The Labute approximate surface area is 133 Å². The minimum atomic E-state index is -0.521. The molecule has 23 heavy (non-hydrogen) atoms. The lowest BCUT2D eigenvalue weighted by atomic mass is 10.1. The van der Waals surface area contributed by atoms with Gasteiger partial charge in [-0.25, -0.2) is 0 Å². The lowest BCUT2D eigenvalue weighted by molar-refractivity contribution is -0.115. The van der Waals surface area contributed by atoms with Gasteiger partial charge in [-0.15, -0.1) is 0 Å². The minimum absolute atomic E-state index is 0.0863. The molecule has 0 aromatic heterocycles. The van der Waals surface area contributed by atoms with Crippen molar-refractivity contribution < 1.29 is 14.4 Å². The lowest BCUT2D eigenvalue weighted by Gasteiger charge is -2.07. The second-order valence-electron chi connectivity index (χ2n) is 4.87. The van der Waals surface area contributed by atoms with Crippen LogP contribution in [-0.4, -0.2) is 17.7 Å². The van der Waals surface area contributed by atoms with E-state index in [4.69, 9.17) is 5.73 Å². The average Bonchev–Trinajstić information content (AvgIpc) is 2.55. The van der Waals surface area contributed by atoms with E-state index in [1.54, 1.807) is 55.5 Å². The molecule has 2 aromatic carbocycles. The zero-order valence-corrected chi connectivity index (χ0v) is 12.6. The number of benzene rings is 2. The molecule has 0 bridgehead atoms. The lowest BCUT2D eigenvalue weighted by Crippen LogP contribution is -2.14. The molecule has 0 unspecified atom stereocenters. The number of nitrogens with one attached hydrogen (secondary N) is 2. The Morgan fingerprint density at radius 3 is 1.78 bits per heavy atom. The molecule has 3 amide bonds. The fourth-order valence-electron chi connectivity index (χ4n) is 1.88. The van der Waals surface area contributed by atoms with Gasteiger partial charge in [-0.05, 0) is 48.5 Å². The van der Waals surface area contributed by atoms with E-state index < -0.39 is 5.91 Å². The van der Waals surface area contributed by atoms with Crippen LogP contribution in [0.4, 0.5) is 11.4 Å². The molecule has 0 fully saturated rings. The molecule has 0 spiro atoms. The number of anilines is 2. The van der Waals surface area contributed by atoms with Crippen LogP contribution < -0.4 is 16.4 Å². The van der Waals surface area contributed by atoms with E-state index >= 15 is 0 Å². The summed E-state index contributed by atoms with van der Waals surface area (Å²) in [7, 11) is 0. The Hall–Kier alpha value is -3.15. The number of carbonyl (C=O) groups excluding carboxylic acids is 3. The zero-order valence-electron chi connectivity index (χ0n) is 12.6. The highest BCUT2D eigenvalue weighted by Gasteiger charge is 2.07. The maximum atomic E-state index is 12.1. The molecule has 4 N–H and O–H groups in total. The highest BCUT2D eigenvalue weighted by Crippen LogP contribution is 2.14. The maximum absolute atomic E-state index is 12.1. The monoisotopic (exact) mass is 311 g/mol. The second-order valence-corrected chi connectivity index (χ2v) is 4.87. The van der Waals surface area contributed by atoms with E-state index in [9.17, 15) is 14.4 Å². The van der Waals surface area contributed by atoms with Gasteiger partial charge >= 0.3 is 0 Å². The van der Waals surface area contributed by atoms with Crippen molar-refractivity contribution >= 4 is 29.1 Å². The SMILES string of the molecule is CCC(=O)Nc1ccc(C(=O)Nc2ccc(C(N)=O)cc2)cc1. The third-order valence-electron chi connectivity index (χ3n) is 3.18. The van der Waals surface area contributed by atoms with Crippen molar-refractivity contribution in [2.24, 2.45) is 5.73 Å². The van der Waals surface area contributed by atoms with Crippen LogP contribution in [0.25, 0.3) is 0 Å². The van der Waals surface area contributed by atoms with E-state index in [0.717, 1.165) is 0 Å². The maximum Gasteiger partial charge on any atom is 0.255 e. The van der Waals surface area contributed by atoms with Crippen molar-refractivity contribution in [3.05, 3.63) is 59.7 Å². The van der Waals surface area contributed by atoms with E-state index in [2.05, 4.69) is 10.6 Å². The number of amides is 3. The van der Waals surface area contributed by atoms with Gasteiger partial charge in [0.2, 0.25) is 11.8 Å². The summed E-state index contributed by atoms with van der Waals surface area (Å²) in [6, 6.07) is 12.9. The largest absolute Gasteiger partial charge is 0.366 e. The summed E-state index contributed by atoms with van der Waals surface area (Å²) < 4.78 is 0. The molecular weight excluding hydrogens is 294 g/mol. The summed E-state index contributed by atoms with van der Waals surface area (Å²) in [6.45, 7) is 1.76. The molecule has 0 heterocycles. The molecule has 2 rings (SSSR count). The minimum Gasteiger partial charge on any atom is -0.366 e. The number of primary amides is 1. The number of hydrogen-bond donors (Lipinski definition) is 3. The van der Waals surface area contributed by atoms with Crippen molar-refractivity contribution in [3.63, 3.8) is 0 Å². The van der Waals surface area contributed by atoms with Crippen molar-refractivity contribution in [1.29, 1.82) is 0 Å². The van der Waals surface area contributed by atoms with Crippen LogP contribution in [0.5, 0.6) is 0 Å². The molecular formula is C17H17N3O3. The smallest absolute Gasteiger partial charge is 0.255 e. The molecule has 0 saturated carbocycles. The third kappa shape index (κ3) is 4.41. The summed E-state index contributed by atoms with van der Waals surface area (Å²) in [5.74, 6) is -0.894. The first-order valence-corrected chi connectivity index (χ1v) is 7.10. The number of nitrogens with two attached hydrogens (primary N) is 1. The molecule has 0 aliphatic heterocycles. The zero-order chi connectivity index (χ0) is 16.8. The molecule has 2 aromatic rings. The Bertz CT molecular complexity index is 722. The quantitative estimate of drug-likeness (QED) is 0.790. The van der Waals surface area contributed by atoms with Gasteiger partial charge in [0.25, 0.3) is 5.91 Å². The van der Waals surface area contributed by atoms with E-state index in [-0.39, 0.29) is 11.8 Å². The summed E-state index contributed by atoms with van der Waals surface area (Å²) in [5, 5.41) is 5.43. The van der Waals surface area contributed by atoms with Crippen LogP contribution >= 0.6 is 0 Å². The molecule has 0 radical (unpaired) electrons. The van der Waals surface area contributed by atoms with Crippen LogP contribution in [0.15, 0.2) is 48.5 Å². The van der Waals surface area contributed by atoms with Crippen molar-refractivity contribution in [1.82, 2.24) is 0 Å². The fourth-order valence-corrected chi connectivity index (χ4v) is 1.88. The van der Waals surface area contributed by atoms with Gasteiger partial charge in [-0.2, -0.15) is 0 Å². The summed E-state index contributed by atoms with van der Waals surface area (Å²) >= 11 is 0. The predicted octanol–water partition coefficient (Wildman–Crippen LogP) is 2.39. The molecule has 0 aliphatic rings. The van der Waals surface area contributed by atoms with Crippen LogP contribution in [-0.2, 0) is 4.79 Å². The van der Waals surface area contributed by atoms with Crippen LogP contribution in [0.1, 0.15) is 34.1 Å². The van der Waals surface area contributed by atoms with E-state index in [1.165, 1.54) is 0 Å². The summed E-state index contributed by atoms with van der Waals surface area (Å²) in [4.78, 5) is 34.4. The Kier molecular flexibility index (Phi) is 5.09. The van der Waals surface area contributed by atoms with Gasteiger partial charge in [0.1, 0.15) is 0 Å². The third-order valence-corrected chi connectivity index (χ3v) is 3.18. The second kappa shape index (κ2) is 7.22. The number of rotatable bonds is 5. The Balaban J connectivity index is 2.02. The molecule has 0 aliphatic carbocycles. The fraction of sp³-hybridized carbons (Fsp3) is 0.118. The Morgan fingerprint density at radius 1 is 0.826 bits per heavy atom. The van der Waals surface area contributed by atoms with Gasteiger partial charge in [-0.1, -0.05) is 6.92 Å². The van der Waals surface area contributed by atoms with Gasteiger partial charge < -0.3 is 16.4 Å². The first-order chi connectivity index (χ1) is 11.0. The first-order valence-electron chi connectivity index (χ1n) is 7.10. The van der Waals surface area contributed by atoms with Crippen molar-refractivity contribution in [2.75, 3.05) is 10.6 Å². The number of carbonyl (C=O) groups is 3. The summed E-state index contributed by atoms with van der Waals surface area (Å²) in [6.07, 6.45) is 0.392. The molecule has 6 heteroatoms. The normalized spacial score (nSPS) is 9.96.